The molecule has 0 aliphatic rings. The van der Waals surface area contributed by atoms with E-state index in [0.29, 0.717) is 5.75 Å². The smallest absolute Gasteiger partial charge is 0.130 e. The van der Waals surface area contributed by atoms with Crippen molar-refractivity contribution >= 4 is 0 Å². The molecule has 0 spiro atoms. The number of ether oxygens (including phenoxy) is 1. The zero-order valence-electron chi connectivity index (χ0n) is 8.49. The first-order valence-corrected chi connectivity index (χ1v) is 4.87. The molecular formula is C13H10F2O. The molecule has 82 valence electrons. The Hall–Kier alpha value is -1.90. The first-order valence-electron chi connectivity index (χ1n) is 4.87. The van der Waals surface area contributed by atoms with Gasteiger partial charge in [0.15, 0.2) is 0 Å². The highest BCUT2D eigenvalue weighted by molar-refractivity contribution is 5.23. The molecule has 0 aromatic heterocycles. The molecule has 0 bridgehead atoms. The summed E-state index contributed by atoms with van der Waals surface area (Å²) < 4.78 is 31.4. The van der Waals surface area contributed by atoms with Crippen LogP contribution in [0.15, 0.2) is 48.5 Å². The standard InChI is InChI=1S/C13H10F2O/c14-11-6-7-13(15)10(8-11)9-16-12-4-2-1-3-5-12/h1-8H,9H2. The third-order valence-electron chi connectivity index (χ3n) is 2.15. The summed E-state index contributed by atoms with van der Waals surface area (Å²) in [4.78, 5) is 0. The van der Waals surface area contributed by atoms with E-state index in [9.17, 15) is 8.78 Å². The molecular weight excluding hydrogens is 210 g/mol. The van der Waals surface area contributed by atoms with Gasteiger partial charge in [0.05, 0.1) is 0 Å². The maximum Gasteiger partial charge on any atom is 0.130 e. The first kappa shape index (κ1) is 10.6. The zero-order chi connectivity index (χ0) is 11.4. The van der Waals surface area contributed by atoms with Crippen molar-refractivity contribution in [3.8, 4) is 5.75 Å². The number of rotatable bonds is 3. The van der Waals surface area contributed by atoms with Crippen molar-refractivity contribution < 1.29 is 13.5 Å². The highest BCUT2D eigenvalue weighted by Gasteiger charge is 2.04. The van der Waals surface area contributed by atoms with Crippen LogP contribution in [0.4, 0.5) is 8.78 Å². The summed E-state index contributed by atoms with van der Waals surface area (Å²) in [5, 5.41) is 0. The molecule has 0 saturated carbocycles. The summed E-state index contributed by atoms with van der Waals surface area (Å²) in [7, 11) is 0. The molecule has 0 heterocycles. The maximum atomic E-state index is 13.2. The summed E-state index contributed by atoms with van der Waals surface area (Å²) >= 11 is 0. The van der Waals surface area contributed by atoms with Crippen LogP contribution in [0.5, 0.6) is 5.75 Å². The van der Waals surface area contributed by atoms with Gasteiger partial charge in [0.2, 0.25) is 0 Å². The third kappa shape index (κ3) is 2.57. The third-order valence-corrected chi connectivity index (χ3v) is 2.15. The Labute approximate surface area is 92.3 Å². The Balaban J connectivity index is 2.08. The normalized spacial score (nSPS) is 10.1. The lowest BCUT2D eigenvalue weighted by Gasteiger charge is -2.06. The van der Waals surface area contributed by atoms with Crippen LogP contribution in [0.3, 0.4) is 0 Å². The molecule has 1 nitrogen and oxygen atoms in total. The fourth-order valence-electron chi connectivity index (χ4n) is 1.33. The van der Waals surface area contributed by atoms with E-state index >= 15 is 0 Å². The molecule has 2 rings (SSSR count). The van der Waals surface area contributed by atoms with Crippen LogP contribution >= 0.6 is 0 Å². The number of hydrogen-bond acceptors (Lipinski definition) is 1. The van der Waals surface area contributed by atoms with Gasteiger partial charge in [-0.2, -0.15) is 0 Å². The average Bonchev–Trinajstić information content (AvgIpc) is 2.32. The van der Waals surface area contributed by atoms with Crippen LogP contribution in [-0.2, 0) is 6.61 Å². The van der Waals surface area contributed by atoms with E-state index < -0.39 is 11.6 Å². The summed E-state index contributed by atoms with van der Waals surface area (Å²) in [5.74, 6) is -0.295. The van der Waals surface area contributed by atoms with Crippen LogP contribution in [0, 0.1) is 11.6 Å². The van der Waals surface area contributed by atoms with E-state index in [0.717, 1.165) is 18.2 Å². The minimum atomic E-state index is -0.465. The van der Waals surface area contributed by atoms with Gasteiger partial charge in [0.25, 0.3) is 0 Å². The Morgan fingerprint density at radius 3 is 2.44 bits per heavy atom. The van der Waals surface area contributed by atoms with Gasteiger partial charge in [-0.25, -0.2) is 8.78 Å². The van der Waals surface area contributed by atoms with Gasteiger partial charge in [0.1, 0.15) is 24.0 Å². The van der Waals surface area contributed by atoms with Crippen LogP contribution in [0.2, 0.25) is 0 Å². The Morgan fingerprint density at radius 1 is 0.938 bits per heavy atom. The lowest BCUT2D eigenvalue weighted by Crippen LogP contribution is -1.99. The molecule has 2 aromatic rings. The zero-order valence-corrected chi connectivity index (χ0v) is 8.49. The number of benzene rings is 2. The molecule has 0 fully saturated rings. The Bertz CT molecular complexity index is 469. The lowest BCUT2D eigenvalue weighted by atomic mass is 10.2. The van der Waals surface area contributed by atoms with Crippen molar-refractivity contribution in [2.45, 2.75) is 6.61 Å². The van der Waals surface area contributed by atoms with Crippen LogP contribution in [0.1, 0.15) is 5.56 Å². The van der Waals surface area contributed by atoms with E-state index in [1.807, 2.05) is 18.2 Å². The minimum Gasteiger partial charge on any atom is -0.489 e. The second-order valence-corrected chi connectivity index (χ2v) is 3.34. The fourth-order valence-corrected chi connectivity index (χ4v) is 1.33. The molecule has 0 aliphatic heterocycles. The topological polar surface area (TPSA) is 9.23 Å². The Kier molecular flexibility index (Phi) is 3.15. The van der Waals surface area contributed by atoms with Crippen molar-refractivity contribution in [2.75, 3.05) is 0 Å². The molecule has 0 N–H and O–H groups in total. The van der Waals surface area contributed by atoms with Gasteiger partial charge in [-0.15, -0.1) is 0 Å². The van der Waals surface area contributed by atoms with Crippen LogP contribution in [0.25, 0.3) is 0 Å². The van der Waals surface area contributed by atoms with Crippen LogP contribution < -0.4 is 4.74 Å². The lowest BCUT2D eigenvalue weighted by molar-refractivity contribution is 0.299. The molecule has 0 atom stereocenters. The summed E-state index contributed by atoms with van der Waals surface area (Å²) in [6.07, 6.45) is 0. The average molecular weight is 220 g/mol. The quantitative estimate of drug-likeness (QED) is 0.768. The highest BCUT2D eigenvalue weighted by Crippen LogP contribution is 2.14. The van der Waals surface area contributed by atoms with Gasteiger partial charge < -0.3 is 4.74 Å². The van der Waals surface area contributed by atoms with Crippen molar-refractivity contribution in [1.82, 2.24) is 0 Å². The largest absolute Gasteiger partial charge is 0.489 e. The Morgan fingerprint density at radius 2 is 1.69 bits per heavy atom. The van der Waals surface area contributed by atoms with Crippen LogP contribution in [-0.4, -0.2) is 0 Å². The molecule has 3 heteroatoms. The molecule has 0 radical (unpaired) electrons. The van der Waals surface area contributed by atoms with Crippen molar-refractivity contribution in [2.24, 2.45) is 0 Å². The first-order chi connectivity index (χ1) is 7.75. The second kappa shape index (κ2) is 4.75. The van der Waals surface area contributed by atoms with Gasteiger partial charge in [0, 0.05) is 5.56 Å². The van der Waals surface area contributed by atoms with E-state index in [2.05, 4.69) is 0 Å². The molecule has 0 unspecified atom stereocenters. The predicted octanol–water partition coefficient (Wildman–Crippen LogP) is 3.54. The van der Waals surface area contributed by atoms with Crippen molar-refractivity contribution in [1.29, 1.82) is 0 Å². The number of para-hydroxylation sites is 1. The van der Waals surface area contributed by atoms with Gasteiger partial charge in [-0.1, -0.05) is 18.2 Å². The maximum absolute atomic E-state index is 13.2. The summed E-state index contributed by atoms with van der Waals surface area (Å²) in [6.45, 7) is 0.0214. The highest BCUT2D eigenvalue weighted by atomic mass is 19.1. The summed E-state index contributed by atoms with van der Waals surface area (Å²) in [5.41, 5.74) is 0.212. The second-order valence-electron chi connectivity index (χ2n) is 3.34. The predicted molar refractivity (Wildman–Crippen MR) is 57.1 cm³/mol. The van der Waals surface area contributed by atoms with Crippen molar-refractivity contribution in [3.05, 3.63) is 65.7 Å². The van der Waals surface area contributed by atoms with Gasteiger partial charge in [-0.3, -0.25) is 0 Å². The summed E-state index contributed by atoms with van der Waals surface area (Å²) in [6, 6.07) is 12.3. The molecule has 0 aliphatic carbocycles. The van der Waals surface area contributed by atoms with Crippen molar-refractivity contribution in [3.63, 3.8) is 0 Å². The van der Waals surface area contributed by atoms with Gasteiger partial charge >= 0.3 is 0 Å². The molecule has 0 saturated heterocycles. The molecule has 2 aromatic carbocycles. The number of hydrogen-bond donors (Lipinski definition) is 0. The van der Waals surface area contributed by atoms with E-state index in [4.69, 9.17) is 4.74 Å². The van der Waals surface area contributed by atoms with E-state index in [-0.39, 0.29) is 12.2 Å². The SMILES string of the molecule is Fc1ccc(F)c(COc2ccccc2)c1. The van der Waals surface area contributed by atoms with E-state index in [1.54, 1.807) is 12.1 Å². The molecule has 16 heavy (non-hydrogen) atoms. The number of halogens is 2. The van der Waals surface area contributed by atoms with Gasteiger partial charge in [-0.05, 0) is 30.3 Å². The monoisotopic (exact) mass is 220 g/mol. The van der Waals surface area contributed by atoms with E-state index in [1.165, 1.54) is 0 Å². The minimum absolute atomic E-state index is 0.0214. The fraction of sp³-hybridized carbons (Fsp3) is 0.0769. The molecule has 0 amide bonds.